The number of piperazine rings is 1. The molecule has 3 heterocycles. The number of likely N-dealkylation sites (N-methyl/N-ethyl adjacent to an activating group) is 1. The lowest BCUT2D eigenvalue weighted by molar-refractivity contribution is -0.125. The number of carbonyl (C=O) groups is 1. The number of rotatable bonds is 4. The summed E-state index contributed by atoms with van der Waals surface area (Å²) < 4.78 is 0. The third kappa shape index (κ3) is 4.14. The monoisotopic (exact) mass is 379 g/mol. The smallest absolute Gasteiger partial charge is 0.268 e. The summed E-state index contributed by atoms with van der Waals surface area (Å²) >= 11 is 0. The van der Waals surface area contributed by atoms with E-state index in [0.29, 0.717) is 6.42 Å². The predicted molar refractivity (Wildman–Crippen MR) is 110 cm³/mol. The number of pyridine rings is 1. The number of nitrogens with zero attached hydrogens (tertiary/aromatic N) is 4. The molecule has 7 heteroatoms. The number of aromatic nitrogens is 1. The number of aryl methyl sites for hydroxylation is 1. The van der Waals surface area contributed by atoms with Gasteiger partial charge in [0.15, 0.2) is 0 Å². The van der Waals surface area contributed by atoms with Crippen LogP contribution in [0.3, 0.4) is 0 Å². The van der Waals surface area contributed by atoms with Crippen LogP contribution in [0, 0.1) is 6.92 Å². The Morgan fingerprint density at radius 1 is 1.21 bits per heavy atom. The number of hydrogen-bond acceptors (Lipinski definition) is 6. The molecule has 28 heavy (non-hydrogen) atoms. The number of anilines is 2. The van der Waals surface area contributed by atoms with Gasteiger partial charge in [0.1, 0.15) is 0 Å². The van der Waals surface area contributed by atoms with Gasteiger partial charge in [-0.2, -0.15) is 0 Å². The molecule has 1 saturated heterocycles. The highest BCUT2D eigenvalue weighted by molar-refractivity contribution is 6.06. The Labute approximate surface area is 165 Å². The summed E-state index contributed by atoms with van der Waals surface area (Å²) in [5, 5.41) is 7.06. The van der Waals surface area contributed by atoms with E-state index in [9.17, 15) is 4.79 Å². The summed E-state index contributed by atoms with van der Waals surface area (Å²) in [5.41, 5.74) is 4.67. The summed E-state index contributed by atoms with van der Waals surface area (Å²) in [6.45, 7) is 6.10. The molecule has 0 spiro atoms. The minimum Gasteiger partial charge on any atom is -0.382 e. The first-order chi connectivity index (χ1) is 13.6. The summed E-state index contributed by atoms with van der Waals surface area (Å²) in [5.74, 6) is -0.183. The highest BCUT2D eigenvalue weighted by Crippen LogP contribution is 2.24. The second kappa shape index (κ2) is 7.98. The fourth-order valence-corrected chi connectivity index (χ4v) is 3.53. The maximum absolute atomic E-state index is 12.7. The maximum atomic E-state index is 12.7. The second-order valence-corrected chi connectivity index (χ2v) is 7.41. The normalized spacial score (nSPS) is 19.9. The molecule has 0 radical (unpaired) electrons. The van der Waals surface area contributed by atoms with E-state index in [-0.39, 0.29) is 5.91 Å². The first kappa shape index (κ1) is 18.4. The van der Waals surface area contributed by atoms with E-state index in [1.54, 1.807) is 12.4 Å². The van der Waals surface area contributed by atoms with Crippen molar-refractivity contribution >= 4 is 23.0 Å². The molecule has 2 aliphatic heterocycles. The number of benzene rings is 1. The molecular formula is C21H25N5O2. The molecule has 2 aliphatic rings. The summed E-state index contributed by atoms with van der Waals surface area (Å²) in [6.07, 6.45) is 3.25. The Balaban J connectivity index is 1.41. The molecule has 2 aromatic rings. The summed E-state index contributed by atoms with van der Waals surface area (Å²) in [6, 6.07) is 9.94. The minimum atomic E-state index is -0.622. The minimum absolute atomic E-state index is 0.183. The maximum Gasteiger partial charge on any atom is 0.268 e. The van der Waals surface area contributed by atoms with E-state index in [1.807, 2.05) is 31.2 Å². The van der Waals surface area contributed by atoms with Crippen LogP contribution in [0.2, 0.25) is 0 Å². The number of amides is 1. The van der Waals surface area contributed by atoms with Crippen LogP contribution in [-0.4, -0.2) is 60.8 Å². The molecule has 1 amide bonds. The van der Waals surface area contributed by atoms with Crippen molar-refractivity contribution in [1.29, 1.82) is 0 Å². The Morgan fingerprint density at radius 3 is 2.79 bits per heavy atom. The van der Waals surface area contributed by atoms with Gasteiger partial charge >= 0.3 is 0 Å². The van der Waals surface area contributed by atoms with Gasteiger partial charge in [-0.25, -0.2) is 0 Å². The molecule has 4 rings (SSSR count). The van der Waals surface area contributed by atoms with Crippen molar-refractivity contribution in [3.05, 3.63) is 53.9 Å². The van der Waals surface area contributed by atoms with Gasteiger partial charge in [0.2, 0.25) is 6.10 Å². The molecule has 0 aliphatic carbocycles. The van der Waals surface area contributed by atoms with Gasteiger partial charge in [0.25, 0.3) is 5.91 Å². The Hall–Kier alpha value is -2.93. The third-order valence-electron chi connectivity index (χ3n) is 5.15. The number of oxime groups is 1. The molecule has 1 fully saturated rings. The van der Waals surface area contributed by atoms with Crippen molar-refractivity contribution in [3.8, 4) is 0 Å². The van der Waals surface area contributed by atoms with Crippen molar-refractivity contribution in [2.75, 3.05) is 43.4 Å². The highest BCUT2D eigenvalue weighted by atomic mass is 16.6. The standard InChI is InChI=1S/C21H25N5O2/c1-15-10-17(12-18(11-15)26-8-6-25(2)7-9-26)23-21(27)20-13-19(24-28-20)16-4-3-5-22-14-16/h3-5,10-12,14,20H,6-9,13H2,1-2H3,(H,23,27)/t20-/m1/s1. The topological polar surface area (TPSA) is 70.1 Å². The van der Waals surface area contributed by atoms with E-state index < -0.39 is 6.10 Å². The van der Waals surface area contributed by atoms with E-state index in [0.717, 1.165) is 54.4 Å². The lowest BCUT2D eigenvalue weighted by Crippen LogP contribution is -2.44. The zero-order valence-electron chi connectivity index (χ0n) is 16.3. The van der Waals surface area contributed by atoms with Gasteiger partial charge < -0.3 is 20.0 Å². The first-order valence-corrected chi connectivity index (χ1v) is 9.57. The van der Waals surface area contributed by atoms with Gasteiger partial charge in [0.05, 0.1) is 5.71 Å². The molecule has 0 saturated carbocycles. The van der Waals surface area contributed by atoms with Crippen LogP contribution in [0.5, 0.6) is 0 Å². The van der Waals surface area contributed by atoms with Crippen molar-refractivity contribution in [2.24, 2.45) is 5.16 Å². The fourth-order valence-electron chi connectivity index (χ4n) is 3.53. The Morgan fingerprint density at radius 2 is 2.04 bits per heavy atom. The van der Waals surface area contributed by atoms with Crippen LogP contribution in [0.25, 0.3) is 0 Å². The number of carbonyl (C=O) groups excluding carboxylic acids is 1. The van der Waals surface area contributed by atoms with Crippen LogP contribution in [0.15, 0.2) is 47.9 Å². The number of hydrogen-bond donors (Lipinski definition) is 1. The Bertz CT molecular complexity index is 876. The lowest BCUT2D eigenvalue weighted by atomic mass is 10.1. The Kier molecular flexibility index (Phi) is 5.25. The van der Waals surface area contributed by atoms with E-state index in [4.69, 9.17) is 4.84 Å². The largest absolute Gasteiger partial charge is 0.382 e. The average molecular weight is 379 g/mol. The quantitative estimate of drug-likeness (QED) is 0.883. The second-order valence-electron chi connectivity index (χ2n) is 7.41. The number of nitrogens with one attached hydrogen (secondary N) is 1. The molecular weight excluding hydrogens is 354 g/mol. The molecule has 7 nitrogen and oxygen atoms in total. The van der Waals surface area contributed by atoms with Gasteiger partial charge in [0, 0.05) is 61.9 Å². The molecule has 146 valence electrons. The average Bonchev–Trinajstić information content (AvgIpc) is 3.19. The van der Waals surface area contributed by atoms with Gasteiger partial charge in [-0.1, -0.05) is 5.16 Å². The van der Waals surface area contributed by atoms with Crippen LogP contribution in [0.4, 0.5) is 11.4 Å². The highest BCUT2D eigenvalue weighted by Gasteiger charge is 2.29. The lowest BCUT2D eigenvalue weighted by Gasteiger charge is -2.34. The third-order valence-corrected chi connectivity index (χ3v) is 5.15. The zero-order chi connectivity index (χ0) is 19.5. The van der Waals surface area contributed by atoms with Crippen molar-refractivity contribution < 1.29 is 9.63 Å². The zero-order valence-corrected chi connectivity index (χ0v) is 16.3. The molecule has 0 unspecified atom stereocenters. The van der Waals surface area contributed by atoms with Crippen molar-refractivity contribution in [2.45, 2.75) is 19.4 Å². The van der Waals surface area contributed by atoms with Gasteiger partial charge in [-0.3, -0.25) is 9.78 Å². The van der Waals surface area contributed by atoms with E-state index >= 15 is 0 Å². The molecule has 1 atom stereocenters. The molecule has 1 aromatic carbocycles. The molecule has 0 bridgehead atoms. The molecule has 1 aromatic heterocycles. The first-order valence-electron chi connectivity index (χ1n) is 9.57. The van der Waals surface area contributed by atoms with Gasteiger partial charge in [-0.15, -0.1) is 0 Å². The summed E-state index contributed by atoms with van der Waals surface area (Å²) in [7, 11) is 2.14. The van der Waals surface area contributed by atoms with Gasteiger partial charge in [-0.05, 0) is 49.9 Å². The summed E-state index contributed by atoms with van der Waals surface area (Å²) in [4.78, 5) is 26.8. The fraction of sp³-hybridized carbons (Fsp3) is 0.381. The van der Waals surface area contributed by atoms with Crippen LogP contribution in [-0.2, 0) is 9.63 Å². The molecule has 1 N–H and O–H groups in total. The van der Waals surface area contributed by atoms with Crippen molar-refractivity contribution in [3.63, 3.8) is 0 Å². The van der Waals surface area contributed by atoms with Crippen molar-refractivity contribution in [1.82, 2.24) is 9.88 Å². The van der Waals surface area contributed by atoms with Crippen LogP contribution >= 0.6 is 0 Å². The van der Waals surface area contributed by atoms with E-state index in [2.05, 4.69) is 38.4 Å². The van der Waals surface area contributed by atoms with Crippen LogP contribution < -0.4 is 10.2 Å². The SMILES string of the molecule is Cc1cc(NC(=O)[C@H]2CC(c3cccnc3)=NO2)cc(N2CCN(C)CC2)c1. The predicted octanol–water partition coefficient (Wildman–Crippen LogP) is 2.27. The van der Waals surface area contributed by atoms with Crippen LogP contribution in [0.1, 0.15) is 17.5 Å². The van der Waals surface area contributed by atoms with E-state index in [1.165, 1.54) is 0 Å².